The summed E-state index contributed by atoms with van der Waals surface area (Å²) in [4.78, 5) is 14.2. The molecule has 19 heavy (non-hydrogen) atoms. The summed E-state index contributed by atoms with van der Waals surface area (Å²) < 4.78 is 10.3. The summed E-state index contributed by atoms with van der Waals surface area (Å²) in [5.74, 6) is 1.79. The van der Waals surface area contributed by atoms with Crippen molar-refractivity contribution in [3.63, 3.8) is 0 Å². The van der Waals surface area contributed by atoms with Gasteiger partial charge in [-0.2, -0.15) is 0 Å². The van der Waals surface area contributed by atoms with E-state index in [1.54, 1.807) is 7.11 Å². The minimum atomic E-state index is 0.268. The molecule has 1 saturated carbocycles. The molecule has 0 saturated heterocycles. The van der Waals surface area contributed by atoms with Crippen LogP contribution >= 0.6 is 0 Å². The van der Waals surface area contributed by atoms with Crippen LogP contribution < -0.4 is 0 Å². The molecule has 0 N–H and O–H groups in total. The van der Waals surface area contributed by atoms with Gasteiger partial charge in [-0.15, -0.1) is 0 Å². The summed E-state index contributed by atoms with van der Waals surface area (Å²) in [6.07, 6.45) is 2.66. The number of rotatable bonds is 10. The summed E-state index contributed by atoms with van der Waals surface area (Å²) in [5.41, 5.74) is 0. The monoisotopic (exact) mass is 271 g/mol. The first-order valence-corrected chi connectivity index (χ1v) is 7.42. The lowest BCUT2D eigenvalue weighted by Gasteiger charge is -2.27. The molecular formula is C15H29NO3. The first kappa shape index (κ1) is 16.4. The van der Waals surface area contributed by atoms with Crippen LogP contribution in [0.2, 0.25) is 0 Å². The van der Waals surface area contributed by atoms with Crippen LogP contribution in [0.3, 0.4) is 0 Å². The number of ether oxygens (including phenoxy) is 2. The lowest BCUT2D eigenvalue weighted by Crippen LogP contribution is -2.38. The predicted molar refractivity (Wildman–Crippen MR) is 76.0 cm³/mol. The highest BCUT2D eigenvalue weighted by atomic mass is 16.5. The second kappa shape index (κ2) is 8.54. The molecule has 0 aromatic rings. The quantitative estimate of drug-likeness (QED) is 0.572. The van der Waals surface area contributed by atoms with E-state index in [1.165, 1.54) is 6.42 Å². The maximum absolute atomic E-state index is 12.2. The Kier molecular flexibility index (Phi) is 7.39. The van der Waals surface area contributed by atoms with Crippen LogP contribution in [0.1, 0.15) is 40.0 Å². The van der Waals surface area contributed by atoms with Crippen molar-refractivity contribution < 1.29 is 14.3 Å². The maximum atomic E-state index is 12.2. The normalized spacial score (nSPS) is 21.7. The van der Waals surface area contributed by atoms with E-state index >= 15 is 0 Å². The molecule has 0 heterocycles. The minimum absolute atomic E-state index is 0.268. The molecule has 1 amide bonds. The molecule has 1 fully saturated rings. The molecule has 0 spiro atoms. The standard InChI is InChI=1S/C15H29NO3/c1-12(2)16(11-14-10-13(14)3)15(17)6-5-7-19-9-8-18-4/h12-14H,5-11H2,1-4H3/t13-,14+/m1/s1. The largest absolute Gasteiger partial charge is 0.382 e. The van der Waals surface area contributed by atoms with E-state index in [9.17, 15) is 4.79 Å². The van der Waals surface area contributed by atoms with Crippen LogP contribution in [-0.4, -0.2) is 50.3 Å². The van der Waals surface area contributed by atoms with Crippen LogP contribution in [0.5, 0.6) is 0 Å². The molecule has 0 aromatic heterocycles. The van der Waals surface area contributed by atoms with Crippen molar-refractivity contribution in [2.75, 3.05) is 33.5 Å². The lowest BCUT2D eigenvalue weighted by molar-refractivity contribution is -0.133. The van der Waals surface area contributed by atoms with Crippen molar-refractivity contribution in [3.05, 3.63) is 0 Å². The van der Waals surface area contributed by atoms with Crippen LogP contribution in [0, 0.1) is 11.8 Å². The fraction of sp³-hybridized carbons (Fsp3) is 0.933. The zero-order valence-electron chi connectivity index (χ0n) is 12.9. The molecule has 1 aliphatic rings. The van der Waals surface area contributed by atoms with E-state index in [0.29, 0.717) is 32.3 Å². The Morgan fingerprint density at radius 1 is 1.32 bits per heavy atom. The average molecular weight is 271 g/mol. The Morgan fingerprint density at radius 3 is 2.53 bits per heavy atom. The van der Waals surface area contributed by atoms with E-state index in [4.69, 9.17) is 9.47 Å². The third kappa shape index (κ3) is 6.39. The Balaban J connectivity index is 2.17. The van der Waals surface area contributed by atoms with Gasteiger partial charge >= 0.3 is 0 Å². The van der Waals surface area contributed by atoms with Crippen LogP contribution in [0.25, 0.3) is 0 Å². The maximum Gasteiger partial charge on any atom is 0.222 e. The molecule has 4 nitrogen and oxygen atoms in total. The molecule has 0 bridgehead atoms. The number of nitrogens with zero attached hydrogens (tertiary/aromatic N) is 1. The molecule has 0 aliphatic heterocycles. The van der Waals surface area contributed by atoms with E-state index < -0.39 is 0 Å². The number of carbonyl (C=O) groups is 1. The molecule has 1 aliphatic carbocycles. The van der Waals surface area contributed by atoms with E-state index in [1.807, 2.05) is 4.90 Å². The summed E-state index contributed by atoms with van der Waals surface area (Å²) in [5, 5.41) is 0. The third-order valence-corrected chi connectivity index (χ3v) is 3.76. The highest BCUT2D eigenvalue weighted by molar-refractivity contribution is 5.76. The van der Waals surface area contributed by atoms with Gasteiger partial charge in [0.15, 0.2) is 0 Å². The fourth-order valence-electron chi connectivity index (χ4n) is 2.22. The molecule has 1 rings (SSSR count). The van der Waals surface area contributed by atoms with Gasteiger partial charge in [-0.1, -0.05) is 6.92 Å². The zero-order chi connectivity index (χ0) is 14.3. The van der Waals surface area contributed by atoms with Gasteiger partial charge in [0.05, 0.1) is 13.2 Å². The Hall–Kier alpha value is -0.610. The minimum Gasteiger partial charge on any atom is -0.382 e. The molecule has 112 valence electrons. The smallest absolute Gasteiger partial charge is 0.222 e. The second-order valence-corrected chi connectivity index (χ2v) is 5.82. The van der Waals surface area contributed by atoms with Gasteiger partial charge in [0.1, 0.15) is 0 Å². The van der Waals surface area contributed by atoms with Crippen molar-refractivity contribution in [1.29, 1.82) is 0 Å². The summed E-state index contributed by atoms with van der Waals surface area (Å²) in [6, 6.07) is 0.301. The summed E-state index contributed by atoms with van der Waals surface area (Å²) in [6.45, 7) is 9.25. The topological polar surface area (TPSA) is 38.8 Å². The van der Waals surface area contributed by atoms with E-state index in [2.05, 4.69) is 20.8 Å². The highest BCUT2D eigenvalue weighted by Gasteiger charge is 2.35. The molecule has 0 unspecified atom stereocenters. The number of methoxy groups -OCH3 is 1. The van der Waals surface area contributed by atoms with Crippen molar-refractivity contribution >= 4 is 5.91 Å². The van der Waals surface area contributed by atoms with Gasteiger partial charge in [0, 0.05) is 32.7 Å². The van der Waals surface area contributed by atoms with E-state index in [0.717, 1.165) is 24.8 Å². The van der Waals surface area contributed by atoms with Gasteiger partial charge in [-0.3, -0.25) is 4.79 Å². The molecule has 4 heteroatoms. The Bertz CT molecular complexity index is 268. The second-order valence-electron chi connectivity index (χ2n) is 5.82. The lowest BCUT2D eigenvalue weighted by atomic mass is 10.2. The van der Waals surface area contributed by atoms with Gasteiger partial charge in [0.25, 0.3) is 0 Å². The fourth-order valence-corrected chi connectivity index (χ4v) is 2.22. The number of carbonyl (C=O) groups excluding carboxylic acids is 1. The first-order chi connectivity index (χ1) is 9.06. The van der Waals surface area contributed by atoms with Crippen molar-refractivity contribution in [2.24, 2.45) is 11.8 Å². The van der Waals surface area contributed by atoms with E-state index in [-0.39, 0.29) is 5.91 Å². The van der Waals surface area contributed by atoms with Gasteiger partial charge in [-0.05, 0) is 38.5 Å². The summed E-state index contributed by atoms with van der Waals surface area (Å²) >= 11 is 0. The highest BCUT2D eigenvalue weighted by Crippen LogP contribution is 2.38. The zero-order valence-corrected chi connectivity index (χ0v) is 12.9. The van der Waals surface area contributed by atoms with Crippen molar-refractivity contribution in [3.8, 4) is 0 Å². The van der Waals surface area contributed by atoms with Gasteiger partial charge in [0.2, 0.25) is 5.91 Å². The molecule has 0 aromatic carbocycles. The van der Waals surface area contributed by atoms with Crippen molar-refractivity contribution in [1.82, 2.24) is 4.90 Å². The predicted octanol–water partition coefficient (Wildman–Crippen LogP) is 2.32. The molecular weight excluding hydrogens is 242 g/mol. The van der Waals surface area contributed by atoms with Gasteiger partial charge < -0.3 is 14.4 Å². The van der Waals surface area contributed by atoms with Crippen molar-refractivity contribution in [2.45, 2.75) is 46.1 Å². The SMILES string of the molecule is COCCOCCCC(=O)N(C[C@@H]1C[C@H]1C)C(C)C. The van der Waals surface area contributed by atoms with Gasteiger partial charge in [-0.25, -0.2) is 0 Å². The first-order valence-electron chi connectivity index (χ1n) is 7.42. The number of hydrogen-bond acceptors (Lipinski definition) is 3. The Morgan fingerprint density at radius 2 is 2.00 bits per heavy atom. The summed E-state index contributed by atoms with van der Waals surface area (Å²) in [7, 11) is 1.66. The number of amides is 1. The average Bonchev–Trinajstić information content (AvgIpc) is 3.06. The molecule has 0 radical (unpaired) electrons. The Labute approximate surface area is 117 Å². The van der Waals surface area contributed by atoms with Crippen LogP contribution in [0.15, 0.2) is 0 Å². The van der Waals surface area contributed by atoms with Crippen LogP contribution in [0.4, 0.5) is 0 Å². The van der Waals surface area contributed by atoms with Crippen LogP contribution in [-0.2, 0) is 14.3 Å². The third-order valence-electron chi connectivity index (χ3n) is 3.76. The molecule has 2 atom stereocenters. The number of hydrogen-bond donors (Lipinski definition) is 0.